The van der Waals surface area contributed by atoms with Gasteiger partial charge < -0.3 is 5.73 Å². The van der Waals surface area contributed by atoms with E-state index in [0.717, 1.165) is 19.6 Å². The molecule has 0 aliphatic rings. The summed E-state index contributed by atoms with van der Waals surface area (Å²) in [7, 11) is 0. The molecule has 3 aromatic carbocycles. The van der Waals surface area contributed by atoms with Crippen LogP contribution in [0, 0.1) is 16.7 Å². The van der Waals surface area contributed by atoms with Crippen LogP contribution in [0.25, 0.3) is 0 Å². The Balaban J connectivity index is 1.91. The zero-order valence-corrected chi connectivity index (χ0v) is 16.4. The number of nitrogens with one attached hydrogen (secondary N) is 2. The topological polar surface area (TPSA) is 98.0 Å². The van der Waals surface area contributed by atoms with E-state index in [0.29, 0.717) is 5.69 Å². The second-order valence-corrected chi connectivity index (χ2v) is 7.91. The van der Waals surface area contributed by atoms with Crippen LogP contribution in [0.1, 0.15) is 0 Å². The first-order valence-corrected chi connectivity index (χ1v) is 9.96. The molecule has 3 rings (SSSR count). The molecule has 0 saturated heterocycles. The molecule has 0 aromatic heterocycles. The Morgan fingerprint density at radius 2 is 1.36 bits per heavy atom. The molecule has 0 atom stereocenters. The van der Waals surface area contributed by atoms with E-state index in [4.69, 9.17) is 16.4 Å². The smallest absolute Gasteiger partial charge is 0.201 e. The Morgan fingerprint density at radius 3 is 1.79 bits per heavy atom. The second kappa shape index (κ2) is 9.65. The number of hydrogen-bond acceptors (Lipinski definition) is 6. The third kappa shape index (κ3) is 5.64. The van der Waals surface area contributed by atoms with Gasteiger partial charge in [-0.2, -0.15) is 10.4 Å². The summed E-state index contributed by atoms with van der Waals surface area (Å²) in [5, 5.41) is 20.3. The Morgan fingerprint density at radius 1 is 0.857 bits per heavy atom. The van der Waals surface area contributed by atoms with E-state index in [-0.39, 0.29) is 11.5 Å². The van der Waals surface area contributed by atoms with Crippen LogP contribution >= 0.6 is 23.5 Å². The lowest BCUT2D eigenvalue weighted by Crippen LogP contribution is -2.21. The highest BCUT2D eigenvalue weighted by Crippen LogP contribution is 2.36. The van der Waals surface area contributed by atoms with Gasteiger partial charge in [-0.15, -0.1) is 0 Å². The van der Waals surface area contributed by atoms with Crippen molar-refractivity contribution in [3.63, 3.8) is 0 Å². The van der Waals surface area contributed by atoms with Gasteiger partial charge in [0.25, 0.3) is 0 Å². The van der Waals surface area contributed by atoms with Crippen LogP contribution in [0.4, 0.5) is 5.69 Å². The van der Waals surface area contributed by atoms with Gasteiger partial charge in [0.15, 0.2) is 5.84 Å². The van der Waals surface area contributed by atoms with E-state index >= 15 is 0 Å². The second-order valence-electron chi connectivity index (χ2n) is 5.62. The number of amidine groups is 1. The standard InChI is InChI=1S/C21H17N5S2/c22-14-20(21(23)24)26-25-15-11-18(27-16-7-3-1-4-8-16)13-19(12-15)28-17-9-5-2-6-10-17/h1-13,25H,(H3,23,24)/b26-20+. The molecule has 0 bridgehead atoms. The van der Waals surface area contributed by atoms with E-state index in [1.165, 1.54) is 0 Å². The summed E-state index contributed by atoms with van der Waals surface area (Å²) in [5.41, 5.74) is 8.77. The average molecular weight is 404 g/mol. The molecule has 0 amide bonds. The summed E-state index contributed by atoms with van der Waals surface area (Å²) in [5.74, 6) is -0.372. The molecule has 0 saturated carbocycles. The van der Waals surface area contributed by atoms with Crippen molar-refractivity contribution < 1.29 is 0 Å². The van der Waals surface area contributed by atoms with Crippen molar-refractivity contribution in [1.82, 2.24) is 0 Å². The molecule has 0 aliphatic heterocycles. The number of nitriles is 1. The van der Waals surface area contributed by atoms with Gasteiger partial charge in [0.2, 0.25) is 5.71 Å². The summed E-state index contributed by atoms with van der Waals surface area (Å²) < 4.78 is 0. The minimum absolute atomic E-state index is 0.154. The lowest BCUT2D eigenvalue weighted by molar-refractivity contribution is 1.26. The Bertz CT molecular complexity index is 968. The highest BCUT2D eigenvalue weighted by Gasteiger charge is 2.06. The van der Waals surface area contributed by atoms with Gasteiger partial charge in [0, 0.05) is 19.6 Å². The molecule has 5 nitrogen and oxygen atoms in total. The first-order chi connectivity index (χ1) is 13.6. The van der Waals surface area contributed by atoms with Crippen molar-refractivity contribution in [3.8, 4) is 6.07 Å². The average Bonchev–Trinajstić information content (AvgIpc) is 2.69. The van der Waals surface area contributed by atoms with E-state index in [1.54, 1.807) is 23.5 Å². The molecule has 0 spiro atoms. The predicted molar refractivity (Wildman–Crippen MR) is 116 cm³/mol. The third-order valence-electron chi connectivity index (χ3n) is 3.50. The molecule has 4 N–H and O–H groups in total. The van der Waals surface area contributed by atoms with Gasteiger partial charge in [0.05, 0.1) is 5.69 Å². The molecular formula is C21H17N5S2. The molecule has 0 heterocycles. The predicted octanol–water partition coefficient (Wildman–Crippen LogP) is 5.22. The maximum atomic E-state index is 9.02. The summed E-state index contributed by atoms with van der Waals surface area (Å²) in [6, 6.07) is 28.0. The fraction of sp³-hybridized carbons (Fsp3) is 0. The van der Waals surface area contributed by atoms with Crippen molar-refractivity contribution in [3.05, 3.63) is 78.9 Å². The highest BCUT2D eigenvalue weighted by molar-refractivity contribution is 8.00. The van der Waals surface area contributed by atoms with Crippen molar-refractivity contribution in [2.24, 2.45) is 10.8 Å². The summed E-state index contributed by atoms with van der Waals surface area (Å²) >= 11 is 3.28. The molecule has 0 fully saturated rings. The number of nitrogens with two attached hydrogens (primary N) is 1. The highest BCUT2D eigenvalue weighted by atomic mass is 32.2. The number of hydrogen-bond donors (Lipinski definition) is 3. The Kier molecular flexibility index (Phi) is 6.73. The van der Waals surface area contributed by atoms with E-state index in [2.05, 4.69) is 40.9 Å². The lowest BCUT2D eigenvalue weighted by Gasteiger charge is -2.10. The van der Waals surface area contributed by atoms with Crippen LogP contribution in [0.15, 0.2) is 104 Å². The molecule has 0 aliphatic carbocycles. The van der Waals surface area contributed by atoms with Gasteiger partial charge in [-0.25, -0.2) is 0 Å². The molecule has 3 aromatic rings. The van der Waals surface area contributed by atoms with E-state index in [1.807, 2.05) is 54.6 Å². The van der Waals surface area contributed by atoms with Crippen LogP contribution in [0.2, 0.25) is 0 Å². The largest absolute Gasteiger partial charge is 0.382 e. The fourth-order valence-corrected chi connectivity index (χ4v) is 4.22. The van der Waals surface area contributed by atoms with Crippen molar-refractivity contribution in [2.75, 3.05) is 5.43 Å². The van der Waals surface area contributed by atoms with Crippen molar-refractivity contribution >= 4 is 40.8 Å². The van der Waals surface area contributed by atoms with Gasteiger partial charge in [0.1, 0.15) is 6.07 Å². The minimum atomic E-state index is -0.372. The monoisotopic (exact) mass is 403 g/mol. The zero-order chi connectivity index (χ0) is 19.8. The maximum Gasteiger partial charge on any atom is 0.201 e. The van der Waals surface area contributed by atoms with Gasteiger partial charge >= 0.3 is 0 Å². The van der Waals surface area contributed by atoms with Gasteiger partial charge in [-0.05, 0) is 42.5 Å². The molecular weight excluding hydrogens is 386 g/mol. The normalized spacial score (nSPS) is 10.9. The first kappa shape index (κ1) is 19.5. The van der Waals surface area contributed by atoms with Crippen molar-refractivity contribution in [1.29, 1.82) is 10.7 Å². The first-order valence-electron chi connectivity index (χ1n) is 8.33. The van der Waals surface area contributed by atoms with Gasteiger partial charge in [-0.1, -0.05) is 59.9 Å². The van der Waals surface area contributed by atoms with Crippen LogP contribution in [0.3, 0.4) is 0 Å². The summed E-state index contributed by atoms with van der Waals surface area (Å²) in [6.45, 7) is 0. The lowest BCUT2D eigenvalue weighted by atomic mass is 10.3. The minimum Gasteiger partial charge on any atom is -0.382 e. The number of nitrogens with zero attached hydrogens (tertiary/aromatic N) is 2. The van der Waals surface area contributed by atoms with Crippen LogP contribution in [0.5, 0.6) is 0 Å². The van der Waals surface area contributed by atoms with E-state index < -0.39 is 0 Å². The van der Waals surface area contributed by atoms with Gasteiger partial charge in [-0.3, -0.25) is 10.8 Å². The quantitative estimate of drug-likeness (QED) is 0.285. The molecule has 28 heavy (non-hydrogen) atoms. The summed E-state index contributed by atoms with van der Waals surface area (Å²) in [4.78, 5) is 4.32. The van der Waals surface area contributed by atoms with Crippen LogP contribution in [-0.2, 0) is 0 Å². The number of benzene rings is 3. The Labute approximate surface area is 172 Å². The third-order valence-corrected chi connectivity index (χ3v) is 5.45. The van der Waals surface area contributed by atoms with Crippen LogP contribution < -0.4 is 11.2 Å². The molecule has 0 unspecified atom stereocenters. The maximum absolute atomic E-state index is 9.02. The fourth-order valence-electron chi connectivity index (χ4n) is 2.27. The number of anilines is 1. The molecule has 0 radical (unpaired) electrons. The van der Waals surface area contributed by atoms with Crippen LogP contribution in [-0.4, -0.2) is 11.5 Å². The molecule has 7 heteroatoms. The van der Waals surface area contributed by atoms with E-state index in [9.17, 15) is 0 Å². The number of hydrazone groups is 1. The SMILES string of the molecule is N#C/C(=N\Nc1cc(Sc2ccccc2)cc(Sc2ccccc2)c1)C(=N)N. The molecule has 138 valence electrons. The Hall–Kier alpha value is -3.21. The van der Waals surface area contributed by atoms with Crippen molar-refractivity contribution in [2.45, 2.75) is 19.6 Å². The number of rotatable bonds is 7. The summed E-state index contributed by atoms with van der Waals surface area (Å²) in [6.07, 6.45) is 0. The zero-order valence-electron chi connectivity index (χ0n) is 14.8.